The van der Waals surface area contributed by atoms with Gasteiger partial charge in [-0.1, -0.05) is 6.92 Å². The predicted octanol–water partition coefficient (Wildman–Crippen LogP) is 3.25. The van der Waals surface area contributed by atoms with Crippen molar-refractivity contribution in [2.75, 3.05) is 34.5 Å². The molecule has 0 aliphatic carbocycles. The lowest BCUT2D eigenvalue weighted by molar-refractivity contribution is 0.766. The van der Waals surface area contributed by atoms with Crippen molar-refractivity contribution in [2.45, 2.75) is 12.2 Å². The summed E-state index contributed by atoms with van der Waals surface area (Å²) in [5, 5.41) is 0.683. The molecule has 0 radical (unpaired) electrons. The minimum Gasteiger partial charge on any atom is -0.179 e. The Bertz CT molecular complexity index is 120. The molecule has 2 unspecified atom stereocenters. The van der Waals surface area contributed by atoms with Gasteiger partial charge in [0, 0.05) is 22.5 Å². The molecule has 86 valence electrons. The molecule has 0 saturated heterocycles. The van der Waals surface area contributed by atoms with Gasteiger partial charge in [0.1, 0.15) is 0 Å². The molecule has 0 aromatic carbocycles. The first-order chi connectivity index (χ1) is 6.74. The highest BCUT2D eigenvalue weighted by Gasteiger charge is 2.07. The zero-order valence-corrected chi connectivity index (χ0v) is 12.9. The Balaban J connectivity index is 3.42. The normalized spacial score (nSPS) is 15.4. The first-order valence-electron chi connectivity index (χ1n) is 4.76. The fraction of sp³-hybridized carbons (Fsp3) is 1.00. The first kappa shape index (κ1) is 15.8. The molecule has 0 aromatic rings. The minimum absolute atomic E-state index is 0.683. The average Bonchev–Trinajstić information content (AvgIpc) is 2.22. The highest BCUT2D eigenvalue weighted by atomic mass is 32.2. The number of hydrogen-bond acceptors (Lipinski definition) is 5. The van der Waals surface area contributed by atoms with Crippen LogP contribution in [0.25, 0.3) is 0 Å². The van der Waals surface area contributed by atoms with E-state index in [2.05, 4.69) is 44.8 Å². The van der Waals surface area contributed by atoms with Crippen LogP contribution in [-0.2, 0) is 0 Å². The molecule has 2 atom stereocenters. The lowest BCUT2D eigenvalue weighted by Crippen LogP contribution is -2.11. The van der Waals surface area contributed by atoms with Gasteiger partial charge < -0.3 is 0 Å². The first-order valence-corrected chi connectivity index (χ1v) is 8.86. The summed E-state index contributed by atoms with van der Waals surface area (Å²) in [6.45, 7) is 2.25. The molecule has 0 fully saturated rings. The molecular formula is C9H20S5. The molecule has 5 heteroatoms. The van der Waals surface area contributed by atoms with E-state index in [1.165, 1.54) is 11.5 Å². The molecule has 0 amide bonds. The second-order valence-corrected chi connectivity index (χ2v) is 6.88. The van der Waals surface area contributed by atoms with Crippen LogP contribution in [0.15, 0.2) is 0 Å². The lowest BCUT2D eigenvalue weighted by Gasteiger charge is -2.14. The van der Waals surface area contributed by atoms with E-state index >= 15 is 0 Å². The van der Waals surface area contributed by atoms with Crippen molar-refractivity contribution in [2.24, 2.45) is 5.92 Å². The average molecular weight is 289 g/mol. The third-order valence-electron chi connectivity index (χ3n) is 1.67. The van der Waals surface area contributed by atoms with E-state index in [0.717, 1.165) is 28.9 Å². The van der Waals surface area contributed by atoms with Gasteiger partial charge in [0.15, 0.2) is 0 Å². The Kier molecular flexibility index (Phi) is 12.6. The van der Waals surface area contributed by atoms with Crippen molar-refractivity contribution in [1.82, 2.24) is 0 Å². The Labute approximate surface area is 113 Å². The Morgan fingerprint density at radius 3 is 2.29 bits per heavy atom. The standard InChI is InChI=1S/C9H20S5/c1-8(4-11)6-13-7-9(5-12)14-3-2-10/h8-12H,2-7H2,1H3. The molecule has 0 bridgehead atoms. The summed E-state index contributed by atoms with van der Waals surface area (Å²) in [4.78, 5) is 0. The van der Waals surface area contributed by atoms with Crippen LogP contribution in [0, 0.1) is 5.92 Å². The number of thioether (sulfide) groups is 2. The van der Waals surface area contributed by atoms with E-state index in [9.17, 15) is 0 Å². The Morgan fingerprint density at radius 2 is 1.79 bits per heavy atom. The van der Waals surface area contributed by atoms with Crippen molar-refractivity contribution >= 4 is 61.4 Å². The molecule has 0 N–H and O–H groups in total. The van der Waals surface area contributed by atoms with Gasteiger partial charge in [-0.05, 0) is 23.2 Å². The summed E-state index contributed by atoms with van der Waals surface area (Å²) in [6, 6.07) is 0. The third-order valence-corrected chi connectivity index (χ3v) is 6.40. The molecule has 0 rings (SSSR count). The van der Waals surface area contributed by atoms with Crippen molar-refractivity contribution in [3.63, 3.8) is 0 Å². The van der Waals surface area contributed by atoms with E-state index in [1.807, 2.05) is 23.5 Å². The fourth-order valence-electron chi connectivity index (χ4n) is 0.826. The summed E-state index contributed by atoms with van der Waals surface area (Å²) in [5.74, 6) is 7.21. The van der Waals surface area contributed by atoms with Crippen molar-refractivity contribution in [3.8, 4) is 0 Å². The SMILES string of the molecule is CC(CS)CSCC(CS)SCCS. The zero-order valence-electron chi connectivity index (χ0n) is 8.56. The maximum Gasteiger partial charge on any atom is 0.0226 e. The molecule has 0 aliphatic heterocycles. The van der Waals surface area contributed by atoms with Gasteiger partial charge in [-0.3, -0.25) is 0 Å². The van der Waals surface area contributed by atoms with Crippen molar-refractivity contribution in [3.05, 3.63) is 0 Å². The summed E-state index contributed by atoms with van der Waals surface area (Å²) in [5.41, 5.74) is 0. The molecule has 0 nitrogen and oxygen atoms in total. The molecule has 0 spiro atoms. The van der Waals surface area contributed by atoms with Gasteiger partial charge in [0.2, 0.25) is 0 Å². The maximum atomic E-state index is 4.36. The second-order valence-electron chi connectivity index (χ2n) is 3.22. The molecule has 0 saturated carbocycles. The van der Waals surface area contributed by atoms with Crippen LogP contribution in [0.1, 0.15) is 6.92 Å². The third kappa shape index (κ3) is 9.01. The number of rotatable bonds is 9. The molecule has 14 heavy (non-hydrogen) atoms. The highest BCUT2D eigenvalue weighted by molar-refractivity contribution is 8.04. The summed E-state index contributed by atoms with van der Waals surface area (Å²) in [7, 11) is 0. The van der Waals surface area contributed by atoms with E-state index < -0.39 is 0 Å². The maximum absolute atomic E-state index is 4.36. The number of thiol groups is 3. The minimum atomic E-state index is 0.683. The van der Waals surface area contributed by atoms with Gasteiger partial charge in [0.05, 0.1) is 0 Å². The van der Waals surface area contributed by atoms with Crippen LogP contribution in [0.3, 0.4) is 0 Å². The Hall–Kier alpha value is 1.75. The van der Waals surface area contributed by atoms with Gasteiger partial charge in [-0.2, -0.15) is 61.4 Å². The van der Waals surface area contributed by atoms with Crippen LogP contribution < -0.4 is 0 Å². The molecule has 0 aliphatic rings. The predicted molar refractivity (Wildman–Crippen MR) is 84.3 cm³/mol. The molecule has 0 heterocycles. The zero-order chi connectivity index (χ0) is 10.8. The van der Waals surface area contributed by atoms with Gasteiger partial charge in [-0.25, -0.2) is 0 Å². The topological polar surface area (TPSA) is 0 Å². The van der Waals surface area contributed by atoms with Gasteiger partial charge in [-0.15, -0.1) is 0 Å². The second kappa shape index (κ2) is 11.2. The largest absolute Gasteiger partial charge is 0.179 e. The van der Waals surface area contributed by atoms with Crippen LogP contribution in [0.5, 0.6) is 0 Å². The molecule has 0 aromatic heterocycles. The number of hydrogen-bond donors (Lipinski definition) is 3. The van der Waals surface area contributed by atoms with E-state index in [4.69, 9.17) is 0 Å². The van der Waals surface area contributed by atoms with Crippen LogP contribution in [-0.4, -0.2) is 39.8 Å². The monoisotopic (exact) mass is 288 g/mol. The lowest BCUT2D eigenvalue weighted by atomic mass is 10.3. The fourth-order valence-corrected chi connectivity index (χ4v) is 4.32. The quantitative estimate of drug-likeness (QED) is 0.557. The summed E-state index contributed by atoms with van der Waals surface area (Å²) < 4.78 is 0. The van der Waals surface area contributed by atoms with E-state index in [1.54, 1.807) is 0 Å². The van der Waals surface area contributed by atoms with Crippen molar-refractivity contribution in [1.29, 1.82) is 0 Å². The highest BCUT2D eigenvalue weighted by Crippen LogP contribution is 2.19. The van der Waals surface area contributed by atoms with Crippen LogP contribution in [0.2, 0.25) is 0 Å². The van der Waals surface area contributed by atoms with Gasteiger partial charge in [0.25, 0.3) is 0 Å². The van der Waals surface area contributed by atoms with Crippen LogP contribution in [0.4, 0.5) is 0 Å². The van der Waals surface area contributed by atoms with Crippen molar-refractivity contribution < 1.29 is 0 Å². The Morgan fingerprint density at radius 1 is 1.07 bits per heavy atom. The molecular weight excluding hydrogens is 268 g/mol. The van der Waals surface area contributed by atoms with E-state index in [-0.39, 0.29) is 0 Å². The van der Waals surface area contributed by atoms with E-state index in [0.29, 0.717) is 5.25 Å². The summed E-state index contributed by atoms with van der Waals surface area (Å²) in [6.07, 6.45) is 0. The van der Waals surface area contributed by atoms with Gasteiger partial charge >= 0.3 is 0 Å². The smallest absolute Gasteiger partial charge is 0.0226 e. The van der Waals surface area contributed by atoms with Crippen LogP contribution >= 0.6 is 61.4 Å². The summed E-state index contributed by atoms with van der Waals surface area (Å²) >= 11 is 16.9.